The second kappa shape index (κ2) is 8.72. The van der Waals surface area contributed by atoms with Gasteiger partial charge in [0.15, 0.2) is 0 Å². The molecule has 1 amide bonds. The fraction of sp³-hybridized carbons (Fsp3) is 0.562. The highest BCUT2D eigenvalue weighted by Gasteiger charge is 2.15. The van der Waals surface area contributed by atoms with Gasteiger partial charge in [0.05, 0.1) is 6.04 Å². The number of rotatable bonds is 8. The highest BCUT2D eigenvalue weighted by atomic mass is 16.1. The maximum Gasteiger partial charge on any atom is 0.221 e. The molecule has 112 valence electrons. The van der Waals surface area contributed by atoms with Crippen molar-refractivity contribution >= 4 is 5.91 Å². The van der Waals surface area contributed by atoms with Crippen LogP contribution in [0.1, 0.15) is 31.9 Å². The molecule has 0 fully saturated rings. The van der Waals surface area contributed by atoms with Gasteiger partial charge in [0, 0.05) is 25.6 Å². The van der Waals surface area contributed by atoms with Gasteiger partial charge >= 0.3 is 0 Å². The van der Waals surface area contributed by atoms with Crippen LogP contribution < -0.4 is 10.6 Å². The number of likely N-dealkylation sites (N-methyl/N-ethyl adjacent to an activating group) is 1. The van der Waals surface area contributed by atoms with Gasteiger partial charge < -0.3 is 15.5 Å². The average Bonchev–Trinajstić information content (AvgIpc) is 2.38. The summed E-state index contributed by atoms with van der Waals surface area (Å²) in [6.45, 7) is 5.67. The number of benzene rings is 1. The lowest BCUT2D eigenvalue weighted by atomic mass is 10.1. The predicted octanol–water partition coefficient (Wildman–Crippen LogP) is 1.79. The van der Waals surface area contributed by atoms with E-state index in [1.165, 1.54) is 0 Å². The van der Waals surface area contributed by atoms with Crippen molar-refractivity contribution < 1.29 is 4.79 Å². The fourth-order valence-corrected chi connectivity index (χ4v) is 2.03. The Labute approximate surface area is 122 Å². The van der Waals surface area contributed by atoms with Crippen molar-refractivity contribution in [2.75, 3.05) is 27.2 Å². The molecule has 0 bridgehead atoms. The molecular formula is C16H27N3O. The first kappa shape index (κ1) is 16.7. The van der Waals surface area contributed by atoms with Gasteiger partial charge in [-0.3, -0.25) is 4.79 Å². The summed E-state index contributed by atoms with van der Waals surface area (Å²) in [5.74, 6) is 0.0915. The molecule has 1 atom stereocenters. The smallest absolute Gasteiger partial charge is 0.221 e. The topological polar surface area (TPSA) is 44.4 Å². The Balaban J connectivity index is 2.55. The summed E-state index contributed by atoms with van der Waals surface area (Å²) in [7, 11) is 4.03. The molecule has 1 aromatic rings. The number of hydrogen-bond acceptors (Lipinski definition) is 3. The summed E-state index contributed by atoms with van der Waals surface area (Å²) in [4.78, 5) is 14.1. The number of amides is 1. The summed E-state index contributed by atoms with van der Waals surface area (Å²) in [5, 5.41) is 6.38. The van der Waals surface area contributed by atoms with E-state index in [0.717, 1.165) is 12.1 Å². The fourth-order valence-electron chi connectivity index (χ4n) is 2.03. The highest BCUT2D eigenvalue weighted by Crippen LogP contribution is 2.13. The minimum atomic E-state index is 0.0396. The summed E-state index contributed by atoms with van der Waals surface area (Å²) in [5.41, 5.74) is 1.14. The molecule has 0 saturated carbocycles. The van der Waals surface area contributed by atoms with Crippen LogP contribution in [0.3, 0.4) is 0 Å². The minimum Gasteiger partial charge on any atom is -0.348 e. The van der Waals surface area contributed by atoms with Crippen LogP contribution in [0.25, 0.3) is 0 Å². The first-order chi connectivity index (χ1) is 9.49. The Kier molecular flexibility index (Phi) is 7.26. The lowest BCUT2D eigenvalue weighted by molar-refractivity contribution is -0.121. The molecular weight excluding hydrogens is 250 g/mol. The van der Waals surface area contributed by atoms with Gasteiger partial charge in [-0.05, 0) is 19.7 Å². The molecule has 1 unspecified atom stereocenters. The van der Waals surface area contributed by atoms with E-state index < -0.39 is 0 Å². The average molecular weight is 277 g/mol. The van der Waals surface area contributed by atoms with E-state index in [2.05, 4.69) is 41.5 Å². The van der Waals surface area contributed by atoms with Crippen molar-refractivity contribution in [1.82, 2.24) is 15.5 Å². The van der Waals surface area contributed by atoms with Crippen LogP contribution in [0.2, 0.25) is 0 Å². The molecule has 4 heteroatoms. The normalized spacial score (nSPS) is 12.7. The van der Waals surface area contributed by atoms with Gasteiger partial charge in [-0.15, -0.1) is 0 Å². The molecule has 4 nitrogen and oxygen atoms in total. The van der Waals surface area contributed by atoms with Crippen molar-refractivity contribution in [1.29, 1.82) is 0 Å². The highest BCUT2D eigenvalue weighted by molar-refractivity contribution is 5.76. The summed E-state index contributed by atoms with van der Waals surface area (Å²) in [6, 6.07) is 10.6. The Hall–Kier alpha value is -1.39. The Bertz CT molecular complexity index is 390. The van der Waals surface area contributed by atoms with Gasteiger partial charge in [-0.2, -0.15) is 0 Å². The van der Waals surface area contributed by atoms with E-state index in [4.69, 9.17) is 0 Å². The van der Waals surface area contributed by atoms with Gasteiger partial charge in [-0.25, -0.2) is 0 Å². The third kappa shape index (κ3) is 6.68. The molecule has 20 heavy (non-hydrogen) atoms. The van der Waals surface area contributed by atoms with E-state index in [1.54, 1.807) is 0 Å². The number of carbonyl (C=O) groups excluding carboxylic acids is 1. The predicted molar refractivity (Wildman–Crippen MR) is 83.6 cm³/mol. The maximum atomic E-state index is 12.0. The lowest BCUT2D eigenvalue weighted by Crippen LogP contribution is -2.37. The van der Waals surface area contributed by atoms with Crippen LogP contribution >= 0.6 is 0 Å². The molecule has 0 aromatic heterocycles. The maximum absolute atomic E-state index is 12.0. The van der Waals surface area contributed by atoms with Crippen LogP contribution in [0.4, 0.5) is 0 Å². The molecule has 1 rings (SSSR count). The molecule has 0 radical (unpaired) electrons. The van der Waals surface area contributed by atoms with Crippen molar-refractivity contribution in [3.05, 3.63) is 35.9 Å². The zero-order chi connectivity index (χ0) is 15.0. The molecule has 0 aliphatic heterocycles. The Morgan fingerprint density at radius 2 is 1.85 bits per heavy atom. The number of nitrogens with zero attached hydrogens (tertiary/aromatic N) is 1. The molecule has 2 N–H and O–H groups in total. The van der Waals surface area contributed by atoms with Gasteiger partial charge in [0.2, 0.25) is 5.91 Å². The second-order valence-electron chi connectivity index (χ2n) is 5.65. The van der Waals surface area contributed by atoms with E-state index in [1.807, 2.05) is 32.3 Å². The molecule has 1 aromatic carbocycles. The first-order valence-corrected chi connectivity index (χ1v) is 7.21. The number of nitrogens with one attached hydrogen (secondary N) is 2. The van der Waals surface area contributed by atoms with Crippen molar-refractivity contribution in [3.8, 4) is 0 Å². The van der Waals surface area contributed by atoms with Crippen molar-refractivity contribution in [3.63, 3.8) is 0 Å². The van der Waals surface area contributed by atoms with E-state index in [9.17, 15) is 4.79 Å². The molecule has 0 heterocycles. The third-order valence-electron chi connectivity index (χ3n) is 2.99. The zero-order valence-corrected chi connectivity index (χ0v) is 13.0. The van der Waals surface area contributed by atoms with Gasteiger partial charge in [0.25, 0.3) is 0 Å². The quantitative estimate of drug-likeness (QED) is 0.761. The number of hydrogen-bond donors (Lipinski definition) is 2. The van der Waals surface area contributed by atoms with E-state index >= 15 is 0 Å². The molecule has 0 saturated heterocycles. The van der Waals surface area contributed by atoms with Crippen LogP contribution in [0, 0.1) is 0 Å². The minimum absolute atomic E-state index is 0.0396. The summed E-state index contributed by atoms with van der Waals surface area (Å²) in [6.07, 6.45) is 0.509. The van der Waals surface area contributed by atoms with Crippen LogP contribution in [-0.2, 0) is 4.79 Å². The van der Waals surface area contributed by atoms with Crippen LogP contribution in [0.5, 0.6) is 0 Å². The van der Waals surface area contributed by atoms with E-state index in [-0.39, 0.29) is 11.9 Å². The van der Waals surface area contributed by atoms with Gasteiger partial charge in [0.1, 0.15) is 0 Å². The van der Waals surface area contributed by atoms with Crippen molar-refractivity contribution in [2.24, 2.45) is 0 Å². The monoisotopic (exact) mass is 277 g/mol. The Morgan fingerprint density at radius 3 is 2.40 bits per heavy atom. The van der Waals surface area contributed by atoms with Crippen LogP contribution in [0.15, 0.2) is 30.3 Å². The summed E-state index contributed by atoms with van der Waals surface area (Å²) < 4.78 is 0. The Morgan fingerprint density at radius 1 is 1.20 bits per heavy atom. The third-order valence-corrected chi connectivity index (χ3v) is 2.99. The van der Waals surface area contributed by atoms with Crippen LogP contribution in [-0.4, -0.2) is 44.0 Å². The summed E-state index contributed by atoms with van der Waals surface area (Å²) >= 11 is 0. The number of carbonyl (C=O) groups is 1. The van der Waals surface area contributed by atoms with Gasteiger partial charge in [-0.1, -0.05) is 44.2 Å². The SMILES string of the molecule is CC(C)NCCC(=O)NC(CN(C)C)c1ccccc1. The van der Waals surface area contributed by atoms with E-state index in [0.29, 0.717) is 19.0 Å². The standard InChI is InChI=1S/C16H27N3O/c1-13(2)17-11-10-16(20)18-15(12-19(3)4)14-8-6-5-7-9-14/h5-9,13,15,17H,10-12H2,1-4H3,(H,18,20). The molecule has 0 aliphatic carbocycles. The molecule has 0 spiro atoms. The second-order valence-corrected chi connectivity index (χ2v) is 5.65. The lowest BCUT2D eigenvalue weighted by Gasteiger charge is -2.23. The zero-order valence-electron chi connectivity index (χ0n) is 13.0. The van der Waals surface area contributed by atoms with Crippen molar-refractivity contribution in [2.45, 2.75) is 32.4 Å². The largest absolute Gasteiger partial charge is 0.348 e. The first-order valence-electron chi connectivity index (χ1n) is 7.21. The molecule has 0 aliphatic rings.